The Morgan fingerprint density at radius 3 is 2.95 bits per heavy atom. The van der Waals surface area contributed by atoms with E-state index < -0.39 is 0 Å². The van der Waals surface area contributed by atoms with Crippen LogP contribution in [-0.2, 0) is 9.53 Å². The lowest BCUT2D eigenvalue weighted by molar-refractivity contribution is -0.120. The highest BCUT2D eigenvalue weighted by Gasteiger charge is 2.05. The zero-order valence-electron chi connectivity index (χ0n) is 11.3. The minimum absolute atomic E-state index is 0.0554. The van der Waals surface area contributed by atoms with Crippen molar-refractivity contribution in [2.24, 2.45) is 0 Å². The molecule has 0 unspecified atom stereocenters. The van der Waals surface area contributed by atoms with E-state index in [1.54, 1.807) is 6.07 Å². The molecule has 19 heavy (non-hydrogen) atoms. The Balaban J connectivity index is 2.68. The molecule has 0 saturated carbocycles. The lowest BCUT2D eigenvalue weighted by atomic mass is 10.1. The van der Waals surface area contributed by atoms with Crippen LogP contribution < -0.4 is 5.32 Å². The molecule has 0 aliphatic heterocycles. The number of ether oxygens (including phenoxy) is 1. The summed E-state index contributed by atoms with van der Waals surface area (Å²) in [7, 11) is 0. The van der Waals surface area contributed by atoms with Crippen LogP contribution in [0.25, 0.3) is 0 Å². The third kappa shape index (κ3) is 5.56. The molecule has 4 nitrogen and oxygen atoms in total. The largest absolute Gasteiger partial charge is 0.384 e. The van der Waals surface area contributed by atoms with Crippen LogP contribution in [0.5, 0.6) is 0 Å². The summed E-state index contributed by atoms with van der Waals surface area (Å²) < 4.78 is 5.18. The molecule has 102 valence electrons. The van der Waals surface area contributed by atoms with Gasteiger partial charge in [-0.3, -0.25) is 4.79 Å². The molecule has 4 heteroatoms. The van der Waals surface area contributed by atoms with Gasteiger partial charge in [0.15, 0.2) is 0 Å². The predicted octanol–water partition coefficient (Wildman–Crippen LogP) is 1.70. The second-order valence-electron chi connectivity index (χ2n) is 4.09. The highest BCUT2D eigenvalue weighted by Crippen LogP contribution is 2.16. The molecule has 0 bridgehead atoms. The molecule has 0 aliphatic rings. The van der Waals surface area contributed by atoms with Gasteiger partial charge in [-0.2, -0.15) is 0 Å². The van der Waals surface area contributed by atoms with Crippen molar-refractivity contribution in [2.75, 3.05) is 25.1 Å². The first kappa shape index (κ1) is 15.2. The van der Waals surface area contributed by atoms with E-state index in [2.05, 4.69) is 17.2 Å². The van der Waals surface area contributed by atoms with Crippen molar-refractivity contribution in [3.05, 3.63) is 29.3 Å². The quantitative estimate of drug-likeness (QED) is 0.626. The lowest BCUT2D eigenvalue weighted by Gasteiger charge is -2.09. The number of aryl methyl sites for hydroxylation is 1. The third-order valence-electron chi connectivity index (χ3n) is 2.41. The first-order chi connectivity index (χ1) is 9.17. The second-order valence-corrected chi connectivity index (χ2v) is 4.09. The summed E-state index contributed by atoms with van der Waals surface area (Å²) >= 11 is 0. The molecular weight excluding hydrogens is 242 g/mol. The van der Waals surface area contributed by atoms with Gasteiger partial charge < -0.3 is 15.2 Å². The van der Waals surface area contributed by atoms with Crippen molar-refractivity contribution < 1.29 is 14.6 Å². The average molecular weight is 261 g/mol. The number of carbonyl (C=O) groups is 1. The predicted molar refractivity (Wildman–Crippen MR) is 74.9 cm³/mol. The number of rotatable bonds is 5. The summed E-state index contributed by atoms with van der Waals surface area (Å²) in [5.41, 5.74) is 2.43. The van der Waals surface area contributed by atoms with Crippen LogP contribution in [0.15, 0.2) is 18.2 Å². The molecule has 0 fully saturated rings. The van der Waals surface area contributed by atoms with Crippen LogP contribution in [0.2, 0.25) is 0 Å². The summed E-state index contributed by atoms with van der Waals surface area (Å²) in [4.78, 5) is 11.7. The number of hydrogen-bond donors (Lipinski definition) is 2. The van der Waals surface area contributed by atoms with Gasteiger partial charge in [-0.1, -0.05) is 24.8 Å². The first-order valence-electron chi connectivity index (χ1n) is 6.25. The van der Waals surface area contributed by atoms with Gasteiger partial charge in [-0.05, 0) is 31.0 Å². The molecule has 1 rings (SSSR count). The molecule has 1 aromatic rings. The molecule has 0 saturated heterocycles. The summed E-state index contributed by atoms with van der Waals surface area (Å²) in [5.74, 6) is 5.20. The maximum absolute atomic E-state index is 11.7. The van der Waals surface area contributed by atoms with E-state index in [9.17, 15) is 4.79 Å². The summed E-state index contributed by atoms with van der Waals surface area (Å²) in [6, 6.07) is 5.51. The Kier molecular flexibility index (Phi) is 6.65. The Morgan fingerprint density at radius 2 is 2.26 bits per heavy atom. The molecule has 0 aliphatic carbocycles. The average Bonchev–Trinajstić information content (AvgIpc) is 2.40. The minimum atomic E-state index is -0.180. The topological polar surface area (TPSA) is 58.6 Å². The number of carbonyl (C=O) groups excluding carboxylic acids is 1. The zero-order chi connectivity index (χ0) is 14.1. The maximum Gasteiger partial charge on any atom is 0.250 e. The van der Waals surface area contributed by atoms with Gasteiger partial charge in [-0.25, -0.2) is 0 Å². The molecule has 0 atom stereocenters. The molecule has 2 N–H and O–H groups in total. The van der Waals surface area contributed by atoms with Crippen molar-refractivity contribution in [1.29, 1.82) is 0 Å². The minimum Gasteiger partial charge on any atom is -0.384 e. The van der Waals surface area contributed by atoms with E-state index in [0.717, 1.165) is 23.2 Å². The Bertz CT molecular complexity index is 486. The van der Waals surface area contributed by atoms with Gasteiger partial charge in [0, 0.05) is 17.9 Å². The number of aliphatic hydroxyl groups is 1. The Labute approximate surface area is 113 Å². The van der Waals surface area contributed by atoms with Crippen molar-refractivity contribution >= 4 is 11.6 Å². The second kappa shape index (κ2) is 8.30. The lowest BCUT2D eigenvalue weighted by Crippen LogP contribution is -2.19. The van der Waals surface area contributed by atoms with Crippen LogP contribution in [-0.4, -0.2) is 30.8 Å². The van der Waals surface area contributed by atoms with E-state index in [0.29, 0.717) is 6.61 Å². The smallest absolute Gasteiger partial charge is 0.250 e. The van der Waals surface area contributed by atoms with Gasteiger partial charge in [0.1, 0.15) is 13.2 Å². The van der Waals surface area contributed by atoms with E-state index in [1.165, 1.54) is 0 Å². The third-order valence-corrected chi connectivity index (χ3v) is 2.41. The normalized spacial score (nSPS) is 9.63. The van der Waals surface area contributed by atoms with Crippen LogP contribution in [0.1, 0.15) is 24.5 Å². The molecular formula is C15H19NO3. The summed E-state index contributed by atoms with van der Waals surface area (Å²) in [6.45, 7) is 4.35. The number of aliphatic hydroxyl groups excluding tert-OH is 1. The van der Waals surface area contributed by atoms with Crippen molar-refractivity contribution in [3.8, 4) is 11.8 Å². The molecule has 0 heterocycles. The molecule has 1 amide bonds. The fraction of sp³-hybridized carbons (Fsp3) is 0.400. The van der Waals surface area contributed by atoms with E-state index >= 15 is 0 Å². The monoisotopic (exact) mass is 261 g/mol. The molecule has 0 radical (unpaired) electrons. The van der Waals surface area contributed by atoms with Crippen LogP contribution in [0.3, 0.4) is 0 Å². The number of amides is 1. The van der Waals surface area contributed by atoms with Crippen LogP contribution >= 0.6 is 0 Å². The van der Waals surface area contributed by atoms with Gasteiger partial charge in [0.25, 0.3) is 0 Å². The molecule has 1 aromatic carbocycles. The van der Waals surface area contributed by atoms with Gasteiger partial charge in [0.2, 0.25) is 5.91 Å². The molecule has 0 aromatic heterocycles. The van der Waals surface area contributed by atoms with Gasteiger partial charge >= 0.3 is 0 Å². The number of benzene rings is 1. The van der Waals surface area contributed by atoms with E-state index in [1.807, 2.05) is 26.0 Å². The summed E-state index contributed by atoms with van der Waals surface area (Å²) in [6.07, 6.45) is 0.887. The van der Waals surface area contributed by atoms with Crippen molar-refractivity contribution in [1.82, 2.24) is 0 Å². The van der Waals surface area contributed by atoms with Crippen molar-refractivity contribution in [2.45, 2.75) is 20.3 Å². The van der Waals surface area contributed by atoms with Gasteiger partial charge in [-0.15, -0.1) is 0 Å². The highest BCUT2D eigenvalue weighted by molar-refractivity contribution is 5.92. The van der Waals surface area contributed by atoms with E-state index in [-0.39, 0.29) is 19.1 Å². The highest BCUT2D eigenvalue weighted by atomic mass is 16.5. The first-order valence-corrected chi connectivity index (χ1v) is 6.25. The maximum atomic E-state index is 11.7. The standard InChI is InChI=1S/C15H19NO3/c1-3-9-19-11-15(18)16-14-10-13(5-4-8-17)7-6-12(14)2/h6-7,10,17H,3,8-9,11H2,1-2H3,(H,16,18). The van der Waals surface area contributed by atoms with E-state index in [4.69, 9.17) is 9.84 Å². The Morgan fingerprint density at radius 1 is 1.47 bits per heavy atom. The van der Waals surface area contributed by atoms with Crippen LogP contribution in [0, 0.1) is 18.8 Å². The van der Waals surface area contributed by atoms with Crippen LogP contribution in [0.4, 0.5) is 5.69 Å². The number of nitrogens with one attached hydrogen (secondary N) is 1. The van der Waals surface area contributed by atoms with Crippen molar-refractivity contribution in [3.63, 3.8) is 0 Å². The Hall–Kier alpha value is -1.83. The SMILES string of the molecule is CCCOCC(=O)Nc1cc(C#CCO)ccc1C. The molecule has 0 spiro atoms. The zero-order valence-corrected chi connectivity index (χ0v) is 11.3. The fourth-order valence-electron chi connectivity index (χ4n) is 1.47. The summed E-state index contributed by atoms with van der Waals surface area (Å²) in [5, 5.41) is 11.4. The fourth-order valence-corrected chi connectivity index (χ4v) is 1.47. The number of hydrogen-bond acceptors (Lipinski definition) is 3. The number of anilines is 1. The van der Waals surface area contributed by atoms with Gasteiger partial charge in [0.05, 0.1) is 0 Å².